The lowest BCUT2D eigenvalue weighted by molar-refractivity contribution is -0.276. The molecule has 0 spiro atoms. The number of pyridine rings is 1. The third kappa shape index (κ3) is 4.46. The molecule has 158 valence electrons. The second-order valence-corrected chi connectivity index (χ2v) is 5.59. The summed E-state index contributed by atoms with van der Waals surface area (Å²) in [4.78, 5) is 28.4. The Morgan fingerprint density at radius 3 is 2.28 bits per heavy atom. The van der Waals surface area contributed by atoms with E-state index in [2.05, 4.69) is 4.99 Å². The fourth-order valence-corrected chi connectivity index (χ4v) is 2.19. The van der Waals surface area contributed by atoms with E-state index < -0.39 is 58.3 Å². The lowest BCUT2D eigenvalue weighted by atomic mass is 10.1. The summed E-state index contributed by atoms with van der Waals surface area (Å²) in [6, 6.07) is 1.56. The van der Waals surface area contributed by atoms with E-state index in [1.165, 1.54) is 0 Å². The monoisotopic (exact) mass is 430 g/mol. The minimum Gasteiger partial charge on any atom is -0.404 e. The zero-order valence-corrected chi connectivity index (χ0v) is 13.9. The van der Waals surface area contributed by atoms with Gasteiger partial charge in [-0.2, -0.15) is 35.1 Å². The first-order valence-electron chi connectivity index (χ1n) is 7.41. The Morgan fingerprint density at radius 1 is 1.14 bits per heavy atom. The highest BCUT2D eigenvalue weighted by atomic mass is 19.4. The van der Waals surface area contributed by atoms with Crippen molar-refractivity contribution in [1.29, 1.82) is 0 Å². The van der Waals surface area contributed by atoms with Gasteiger partial charge in [-0.25, -0.2) is 0 Å². The van der Waals surface area contributed by atoms with Crippen LogP contribution in [0.25, 0.3) is 11.2 Å². The zero-order chi connectivity index (χ0) is 22.2. The number of aliphatic imine (C=N–C) groups is 1. The van der Waals surface area contributed by atoms with Crippen molar-refractivity contribution in [3.05, 3.63) is 56.4 Å². The molecule has 0 aromatic carbocycles. The average molecular weight is 430 g/mol. The van der Waals surface area contributed by atoms with E-state index in [1.807, 2.05) is 4.98 Å². The molecular weight excluding hydrogens is 420 g/mol. The standard InChI is InChI=1S/C15H10F8N4O2/c16-13(17,15(21,22)23)6-25-5-7(4-24)10-11(14(18,19)20)26-9-3-8(28)1-2-27(9)12(10)29/h1-5,26H,6,24H2/b7-4+,25-5?. The minimum absolute atomic E-state index is 0.202. The molecule has 0 unspecified atom stereocenters. The lowest BCUT2D eigenvalue weighted by Crippen LogP contribution is -2.39. The quantitative estimate of drug-likeness (QED) is 0.577. The first kappa shape index (κ1) is 22.1. The first-order chi connectivity index (χ1) is 13.2. The summed E-state index contributed by atoms with van der Waals surface area (Å²) in [6.45, 7) is -2.13. The van der Waals surface area contributed by atoms with Crippen LogP contribution in [0.3, 0.4) is 0 Å². The fourth-order valence-electron chi connectivity index (χ4n) is 2.19. The van der Waals surface area contributed by atoms with Gasteiger partial charge in [0.25, 0.3) is 5.56 Å². The van der Waals surface area contributed by atoms with E-state index in [0.29, 0.717) is 16.7 Å². The molecule has 6 nitrogen and oxygen atoms in total. The van der Waals surface area contributed by atoms with Crippen molar-refractivity contribution in [2.45, 2.75) is 18.3 Å². The second kappa shape index (κ2) is 7.33. The Labute approximate surface area is 155 Å². The molecule has 0 atom stereocenters. The highest BCUT2D eigenvalue weighted by Crippen LogP contribution is 2.36. The molecule has 2 heterocycles. The normalized spacial score (nSPS) is 14.1. The van der Waals surface area contributed by atoms with Gasteiger partial charge in [0.05, 0.1) is 5.56 Å². The van der Waals surface area contributed by atoms with Crippen LogP contribution in [0.15, 0.2) is 39.1 Å². The van der Waals surface area contributed by atoms with E-state index in [-0.39, 0.29) is 6.21 Å². The van der Waals surface area contributed by atoms with Crippen LogP contribution >= 0.6 is 0 Å². The number of hydrogen-bond acceptors (Lipinski definition) is 4. The van der Waals surface area contributed by atoms with Crippen LogP contribution in [-0.2, 0) is 6.18 Å². The van der Waals surface area contributed by atoms with Crippen LogP contribution in [0.5, 0.6) is 0 Å². The molecule has 2 aromatic heterocycles. The maximum atomic E-state index is 13.4. The predicted molar refractivity (Wildman–Crippen MR) is 85.8 cm³/mol. The summed E-state index contributed by atoms with van der Waals surface area (Å²) in [5.41, 5.74) is -1.21. The van der Waals surface area contributed by atoms with Crippen molar-refractivity contribution in [2.75, 3.05) is 6.54 Å². The number of allylic oxidation sites excluding steroid dienone is 1. The molecule has 0 saturated heterocycles. The SMILES string of the molecule is N/C=C(\C=NCC(F)(F)C(F)(F)F)c1c(C(F)(F)F)[nH]c2cc(=O)ccn2c1=O. The van der Waals surface area contributed by atoms with E-state index in [9.17, 15) is 44.7 Å². The van der Waals surface area contributed by atoms with Crippen LogP contribution in [0.2, 0.25) is 0 Å². The molecular formula is C15H10F8N4O2. The van der Waals surface area contributed by atoms with Gasteiger partial charge in [0.1, 0.15) is 17.9 Å². The highest BCUT2D eigenvalue weighted by Gasteiger charge is 2.57. The summed E-state index contributed by atoms with van der Waals surface area (Å²) < 4.78 is 103. The number of nitrogens with zero attached hydrogens (tertiary/aromatic N) is 2. The van der Waals surface area contributed by atoms with Crippen molar-refractivity contribution in [3.8, 4) is 0 Å². The summed E-state index contributed by atoms with van der Waals surface area (Å²) >= 11 is 0. The second-order valence-electron chi connectivity index (χ2n) is 5.59. The number of fused-ring (bicyclic) bond motifs is 1. The number of aromatic amines is 1. The van der Waals surface area contributed by atoms with Crippen LogP contribution in [0.1, 0.15) is 11.3 Å². The van der Waals surface area contributed by atoms with Gasteiger partial charge < -0.3 is 10.7 Å². The molecule has 14 heteroatoms. The first-order valence-corrected chi connectivity index (χ1v) is 7.41. The topological polar surface area (TPSA) is 92.7 Å². The van der Waals surface area contributed by atoms with E-state index >= 15 is 0 Å². The van der Waals surface area contributed by atoms with E-state index in [4.69, 9.17) is 5.73 Å². The maximum Gasteiger partial charge on any atom is 0.455 e. The smallest absolute Gasteiger partial charge is 0.404 e. The summed E-state index contributed by atoms with van der Waals surface area (Å²) in [5, 5.41) is 0. The molecule has 3 N–H and O–H groups in total. The lowest BCUT2D eigenvalue weighted by Gasteiger charge is -2.17. The van der Waals surface area contributed by atoms with Crippen molar-refractivity contribution < 1.29 is 35.1 Å². The van der Waals surface area contributed by atoms with Crippen LogP contribution < -0.4 is 16.7 Å². The van der Waals surface area contributed by atoms with Crippen molar-refractivity contribution in [1.82, 2.24) is 9.38 Å². The maximum absolute atomic E-state index is 13.4. The van der Waals surface area contributed by atoms with Crippen molar-refractivity contribution in [2.24, 2.45) is 10.7 Å². The van der Waals surface area contributed by atoms with Crippen molar-refractivity contribution in [3.63, 3.8) is 0 Å². The molecule has 0 radical (unpaired) electrons. The number of hydrogen-bond donors (Lipinski definition) is 2. The number of H-pyrrole nitrogens is 1. The van der Waals surface area contributed by atoms with Gasteiger partial charge in [-0.1, -0.05) is 0 Å². The van der Waals surface area contributed by atoms with Gasteiger partial charge in [-0.15, -0.1) is 0 Å². The Morgan fingerprint density at radius 2 is 1.76 bits per heavy atom. The Hall–Kier alpha value is -3.19. The Bertz CT molecular complexity index is 1090. The number of rotatable bonds is 4. The highest BCUT2D eigenvalue weighted by molar-refractivity contribution is 6.10. The molecule has 0 bridgehead atoms. The predicted octanol–water partition coefficient (Wildman–Crippen LogP) is 2.57. The average Bonchev–Trinajstić information content (AvgIpc) is 2.57. The van der Waals surface area contributed by atoms with Crippen LogP contribution in [-0.4, -0.2) is 34.2 Å². The summed E-state index contributed by atoms with van der Waals surface area (Å²) in [5.74, 6) is -5.24. The molecule has 0 amide bonds. The largest absolute Gasteiger partial charge is 0.455 e. The minimum atomic E-state index is -5.93. The van der Waals surface area contributed by atoms with Crippen LogP contribution in [0.4, 0.5) is 35.1 Å². The third-order valence-corrected chi connectivity index (χ3v) is 3.55. The number of nitrogens with one attached hydrogen (secondary N) is 1. The Kier molecular flexibility index (Phi) is 5.59. The molecule has 2 aromatic rings. The van der Waals surface area contributed by atoms with Gasteiger partial charge in [-0.05, 0) is 0 Å². The molecule has 0 saturated carbocycles. The molecule has 2 rings (SSSR count). The van der Waals surface area contributed by atoms with E-state index in [1.54, 1.807) is 0 Å². The Balaban J connectivity index is 2.65. The fraction of sp³-hybridized carbons (Fsp3) is 0.267. The number of halogens is 8. The number of aromatic nitrogens is 2. The summed E-state index contributed by atoms with van der Waals surface area (Å²) in [7, 11) is 0. The van der Waals surface area contributed by atoms with E-state index in [0.717, 1.165) is 12.3 Å². The molecule has 0 fully saturated rings. The molecule has 0 aliphatic carbocycles. The van der Waals surface area contributed by atoms with Gasteiger partial charge in [0.2, 0.25) is 0 Å². The summed E-state index contributed by atoms with van der Waals surface area (Å²) in [6.07, 6.45) is -9.68. The molecule has 0 aliphatic heterocycles. The third-order valence-electron chi connectivity index (χ3n) is 3.55. The van der Waals surface area contributed by atoms with Crippen LogP contribution in [0, 0.1) is 0 Å². The van der Waals surface area contributed by atoms with Gasteiger partial charge in [-0.3, -0.25) is 19.0 Å². The van der Waals surface area contributed by atoms with Crippen molar-refractivity contribution >= 4 is 17.4 Å². The molecule has 0 aliphatic rings. The zero-order valence-electron chi connectivity index (χ0n) is 13.9. The molecule has 29 heavy (non-hydrogen) atoms. The number of nitrogens with two attached hydrogens (primary N) is 1. The van der Waals surface area contributed by atoms with Gasteiger partial charge in [0, 0.05) is 36.3 Å². The van der Waals surface area contributed by atoms with Gasteiger partial charge in [0.15, 0.2) is 5.43 Å². The van der Waals surface area contributed by atoms with Gasteiger partial charge >= 0.3 is 18.3 Å². The number of alkyl halides is 8.